The fourth-order valence-corrected chi connectivity index (χ4v) is 4.97. The summed E-state index contributed by atoms with van der Waals surface area (Å²) >= 11 is 7.78. The van der Waals surface area contributed by atoms with Crippen LogP contribution in [0.15, 0.2) is 50.2 Å². The molecule has 0 N–H and O–H groups in total. The van der Waals surface area contributed by atoms with Crippen LogP contribution < -0.4 is 9.47 Å². The molecule has 0 radical (unpaired) electrons. The van der Waals surface area contributed by atoms with E-state index in [1.165, 1.54) is 4.90 Å². The topological polar surface area (TPSA) is 55.8 Å². The second kappa shape index (κ2) is 9.15. The molecule has 1 aliphatic rings. The lowest BCUT2D eigenvalue weighted by Crippen LogP contribution is -2.32. The van der Waals surface area contributed by atoms with Gasteiger partial charge in [-0.2, -0.15) is 0 Å². The molecular weight excluding hydrogens is 510 g/mol. The van der Waals surface area contributed by atoms with Crippen LogP contribution in [0.2, 0.25) is 0 Å². The number of benzene rings is 2. The molecule has 2 aromatic carbocycles. The Hall–Kier alpha value is -1.77. The summed E-state index contributed by atoms with van der Waals surface area (Å²) in [5.41, 5.74) is 1.78. The maximum absolute atomic E-state index is 12.7. The molecule has 1 fully saturated rings. The molecule has 5 nitrogen and oxygen atoms in total. The van der Waals surface area contributed by atoms with Gasteiger partial charge in [-0.1, -0.05) is 28.1 Å². The lowest BCUT2D eigenvalue weighted by molar-refractivity contribution is -0.123. The average molecular weight is 527 g/mol. The number of ether oxygens (including phenoxy) is 2. The van der Waals surface area contributed by atoms with Crippen LogP contribution in [0.25, 0.3) is 6.08 Å². The molecule has 2 amide bonds. The minimum Gasteiger partial charge on any atom is -0.495 e. The van der Waals surface area contributed by atoms with Gasteiger partial charge in [0.2, 0.25) is 0 Å². The fourth-order valence-electron chi connectivity index (χ4n) is 2.70. The van der Waals surface area contributed by atoms with Gasteiger partial charge in [0.25, 0.3) is 11.1 Å². The van der Waals surface area contributed by atoms with Gasteiger partial charge in [0.1, 0.15) is 18.1 Å². The Kier molecular flexibility index (Phi) is 6.85. The highest BCUT2D eigenvalue weighted by atomic mass is 79.9. The molecule has 0 bridgehead atoms. The van der Waals surface area contributed by atoms with Gasteiger partial charge in [-0.3, -0.25) is 14.5 Å². The number of nitrogens with zero attached hydrogens (tertiary/aromatic N) is 1. The van der Waals surface area contributed by atoms with Crippen LogP contribution in [-0.2, 0) is 4.79 Å². The molecule has 0 spiro atoms. The molecule has 0 unspecified atom stereocenters. The Labute approximate surface area is 184 Å². The Balaban J connectivity index is 1.72. The first-order chi connectivity index (χ1) is 13.4. The molecule has 28 heavy (non-hydrogen) atoms. The number of hydrogen-bond donors (Lipinski definition) is 0. The molecule has 0 atom stereocenters. The van der Waals surface area contributed by atoms with Crippen LogP contribution in [-0.4, -0.2) is 36.3 Å². The van der Waals surface area contributed by atoms with Gasteiger partial charge in [0.15, 0.2) is 0 Å². The number of thioether (sulfide) groups is 1. The van der Waals surface area contributed by atoms with E-state index in [0.29, 0.717) is 22.0 Å². The largest absolute Gasteiger partial charge is 0.495 e. The van der Waals surface area contributed by atoms with Crippen molar-refractivity contribution >= 4 is 60.8 Å². The Bertz CT molecular complexity index is 961. The smallest absolute Gasteiger partial charge is 0.293 e. The summed E-state index contributed by atoms with van der Waals surface area (Å²) in [4.78, 5) is 26.5. The van der Waals surface area contributed by atoms with Crippen molar-refractivity contribution < 1.29 is 19.1 Å². The number of methoxy groups -OCH3 is 1. The maximum Gasteiger partial charge on any atom is 0.293 e. The number of hydrogen-bond acceptors (Lipinski definition) is 5. The SMILES string of the molecule is COc1c(Br)cc(Br)cc1/C=C1\SC(=O)N(CCOc2cccc(C)c2)C1=O. The van der Waals surface area contributed by atoms with Crippen molar-refractivity contribution in [1.29, 1.82) is 0 Å². The van der Waals surface area contributed by atoms with E-state index in [2.05, 4.69) is 31.9 Å². The van der Waals surface area contributed by atoms with Gasteiger partial charge in [-0.15, -0.1) is 0 Å². The first-order valence-corrected chi connectivity index (χ1v) is 10.8. The van der Waals surface area contributed by atoms with Crippen molar-refractivity contribution in [3.05, 3.63) is 61.4 Å². The van der Waals surface area contributed by atoms with Gasteiger partial charge in [-0.25, -0.2) is 0 Å². The van der Waals surface area contributed by atoms with E-state index in [-0.39, 0.29) is 24.3 Å². The van der Waals surface area contributed by atoms with Crippen LogP contribution >= 0.6 is 43.6 Å². The lowest BCUT2D eigenvalue weighted by Gasteiger charge is -2.13. The first kappa shape index (κ1) is 21.0. The summed E-state index contributed by atoms with van der Waals surface area (Å²) < 4.78 is 12.6. The van der Waals surface area contributed by atoms with Crippen molar-refractivity contribution in [2.45, 2.75) is 6.92 Å². The highest BCUT2D eigenvalue weighted by Crippen LogP contribution is 2.38. The standard InChI is InChI=1S/C20H17Br2NO4S/c1-12-4-3-5-15(8-12)27-7-6-23-19(24)17(28-20(23)25)10-13-9-14(21)11-16(22)18(13)26-2/h3-5,8-11H,6-7H2,1-2H3/b17-10-. The molecule has 3 rings (SSSR count). The zero-order valence-corrected chi connectivity index (χ0v) is 19.2. The van der Waals surface area contributed by atoms with Gasteiger partial charge in [-0.05, 0) is 70.5 Å². The summed E-state index contributed by atoms with van der Waals surface area (Å²) in [6, 6.07) is 11.3. The zero-order valence-electron chi connectivity index (χ0n) is 15.2. The second-order valence-corrected chi connectivity index (χ2v) is 8.77. The van der Waals surface area contributed by atoms with E-state index in [4.69, 9.17) is 9.47 Å². The van der Waals surface area contributed by atoms with Crippen molar-refractivity contribution in [2.75, 3.05) is 20.3 Å². The van der Waals surface area contributed by atoms with E-state index >= 15 is 0 Å². The number of carbonyl (C=O) groups excluding carboxylic acids is 2. The van der Waals surface area contributed by atoms with Gasteiger partial charge >= 0.3 is 0 Å². The average Bonchev–Trinajstić information content (AvgIpc) is 2.89. The van der Waals surface area contributed by atoms with E-state index in [9.17, 15) is 9.59 Å². The van der Waals surface area contributed by atoms with Crippen LogP contribution in [0.1, 0.15) is 11.1 Å². The number of rotatable bonds is 6. The molecule has 2 aromatic rings. The Morgan fingerprint density at radius 1 is 1.18 bits per heavy atom. The minimum absolute atomic E-state index is 0.190. The minimum atomic E-state index is -0.332. The molecule has 8 heteroatoms. The third-order valence-corrected chi connectivity index (χ3v) is 5.93. The molecule has 0 aliphatic carbocycles. The number of amides is 2. The molecule has 146 valence electrons. The van der Waals surface area contributed by atoms with Gasteiger partial charge in [0.05, 0.1) is 23.0 Å². The highest BCUT2D eigenvalue weighted by molar-refractivity contribution is 9.11. The number of aryl methyl sites for hydroxylation is 1. The van der Waals surface area contributed by atoms with E-state index in [1.807, 2.05) is 43.3 Å². The van der Waals surface area contributed by atoms with Gasteiger partial charge < -0.3 is 9.47 Å². The predicted molar refractivity (Wildman–Crippen MR) is 118 cm³/mol. The zero-order chi connectivity index (χ0) is 20.3. The predicted octanol–water partition coefficient (Wildman–Crippen LogP) is 5.64. The van der Waals surface area contributed by atoms with Crippen LogP contribution in [0.4, 0.5) is 4.79 Å². The molecule has 1 aliphatic heterocycles. The molecule has 1 saturated heterocycles. The van der Waals surface area contributed by atoms with Crippen LogP contribution in [0.3, 0.4) is 0 Å². The summed E-state index contributed by atoms with van der Waals surface area (Å²) in [5.74, 6) is 0.977. The Morgan fingerprint density at radius 2 is 1.96 bits per heavy atom. The monoisotopic (exact) mass is 525 g/mol. The summed E-state index contributed by atoms with van der Waals surface area (Å²) in [6.45, 7) is 2.40. The third kappa shape index (κ3) is 4.79. The first-order valence-electron chi connectivity index (χ1n) is 8.37. The quantitative estimate of drug-likeness (QED) is 0.455. The Morgan fingerprint density at radius 3 is 2.68 bits per heavy atom. The lowest BCUT2D eigenvalue weighted by atomic mass is 10.2. The van der Waals surface area contributed by atoms with Gasteiger partial charge in [0, 0.05) is 10.0 Å². The van der Waals surface area contributed by atoms with E-state index in [1.54, 1.807) is 13.2 Å². The molecule has 1 heterocycles. The summed E-state index contributed by atoms with van der Waals surface area (Å²) in [6.07, 6.45) is 1.67. The number of imide groups is 1. The number of carbonyl (C=O) groups is 2. The van der Waals surface area contributed by atoms with Crippen molar-refractivity contribution in [3.63, 3.8) is 0 Å². The van der Waals surface area contributed by atoms with E-state index in [0.717, 1.165) is 26.3 Å². The third-order valence-electron chi connectivity index (χ3n) is 3.97. The summed E-state index contributed by atoms with van der Waals surface area (Å²) in [7, 11) is 1.56. The van der Waals surface area contributed by atoms with Crippen molar-refractivity contribution in [2.24, 2.45) is 0 Å². The normalized spacial score (nSPS) is 15.4. The van der Waals surface area contributed by atoms with Crippen molar-refractivity contribution in [1.82, 2.24) is 4.90 Å². The maximum atomic E-state index is 12.7. The highest BCUT2D eigenvalue weighted by Gasteiger charge is 2.35. The molecular formula is C20H17Br2NO4S. The van der Waals surface area contributed by atoms with Crippen molar-refractivity contribution in [3.8, 4) is 11.5 Å². The molecule has 0 saturated carbocycles. The fraction of sp³-hybridized carbons (Fsp3) is 0.200. The molecule has 0 aromatic heterocycles. The van der Waals surface area contributed by atoms with Crippen LogP contribution in [0, 0.1) is 6.92 Å². The van der Waals surface area contributed by atoms with E-state index < -0.39 is 0 Å². The number of halogens is 2. The second-order valence-electron chi connectivity index (χ2n) is 6.01. The summed E-state index contributed by atoms with van der Waals surface area (Å²) in [5, 5.41) is -0.308. The van der Waals surface area contributed by atoms with Crippen LogP contribution in [0.5, 0.6) is 11.5 Å².